The molecule has 0 bridgehead atoms. The van der Waals surface area contributed by atoms with Crippen molar-refractivity contribution < 1.29 is 4.79 Å². The van der Waals surface area contributed by atoms with E-state index >= 15 is 0 Å². The van der Waals surface area contributed by atoms with Gasteiger partial charge in [0.2, 0.25) is 0 Å². The van der Waals surface area contributed by atoms with Gasteiger partial charge in [-0.3, -0.25) is 9.59 Å². The summed E-state index contributed by atoms with van der Waals surface area (Å²) >= 11 is 0. The molecule has 1 aromatic heterocycles. The van der Waals surface area contributed by atoms with Gasteiger partial charge in [0.1, 0.15) is 0 Å². The highest BCUT2D eigenvalue weighted by molar-refractivity contribution is 5.97. The predicted octanol–water partition coefficient (Wildman–Crippen LogP) is 6.44. The first-order valence-electron chi connectivity index (χ1n) is 12.2. The lowest BCUT2D eigenvalue weighted by Gasteiger charge is -2.28. The molecule has 4 heteroatoms. The minimum Gasteiger partial charge on any atom is -0.352 e. The summed E-state index contributed by atoms with van der Waals surface area (Å²) in [5.41, 5.74) is 4.36. The Morgan fingerprint density at radius 2 is 1.72 bits per heavy atom. The van der Waals surface area contributed by atoms with E-state index in [4.69, 9.17) is 0 Å². The fourth-order valence-electron chi connectivity index (χ4n) is 5.16. The topological polar surface area (TPSA) is 51.1 Å². The number of nitrogens with one attached hydrogen (secondary N) is 1. The van der Waals surface area contributed by atoms with Crippen LogP contribution in [0.2, 0.25) is 0 Å². The summed E-state index contributed by atoms with van der Waals surface area (Å²) < 4.78 is 1.89. The second-order valence-corrected chi connectivity index (χ2v) is 10.9. The third-order valence-electron chi connectivity index (χ3n) is 6.70. The highest BCUT2D eigenvalue weighted by Crippen LogP contribution is 2.32. The number of aromatic nitrogens is 1. The summed E-state index contributed by atoms with van der Waals surface area (Å²) in [6.45, 7) is 13.4. The van der Waals surface area contributed by atoms with Crippen molar-refractivity contribution in [3.8, 4) is 11.3 Å². The van der Waals surface area contributed by atoms with Crippen LogP contribution >= 0.6 is 0 Å². The Balaban J connectivity index is 2.01. The fraction of sp³-hybridized carbons (Fsp3) is 0.571. The molecule has 1 fully saturated rings. The number of aryl methyl sites for hydroxylation is 1. The fourth-order valence-corrected chi connectivity index (χ4v) is 5.16. The van der Waals surface area contributed by atoms with Gasteiger partial charge in [0, 0.05) is 24.2 Å². The minimum absolute atomic E-state index is 0.0249. The number of amides is 1. The van der Waals surface area contributed by atoms with Gasteiger partial charge in [-0.1, -0.05) is 69.9 Å². The van der Waals surface area contributed by atoms with Crippen LogP contribution in [-0.4, -0.2) is 17.0 Å². The van der Waals surface area contributed by atoms with E-state index in [9.17, 15) is 9.59 Å². The van der Waals surface area contributed by atoms with E-state index in [0.29, 0.717) is 18.0 Å². The number of hydrogen-bond donors (Lipinski definition) is 1. The van der Waals surface area contributed by atoms with Crippen LogP contribution < -0.4 is 10.9 Å². The molecule has 1 heterocycles. The van der Waals surface area contributed by atoms with Crippen LogP contribution in [0.25, 0.3) is 11.3 Å². The average molecular weight is 437 g/mol. The Morgan fingerprint density at radius 1 is 1.09 bits per heavy atom. The maximum atomic E-state index is 13.4. The van der Waals surface area contributed by atoms with Crippen molar-refractivity contribution in [2.75, 3.05) is 6.54 Å². The highest BCUT2D eigenvalue weighted by atomic mass is 16.2. The second-order valence-electron chi connectivity index (χ2n) is 10.9. The first kappa shape index (κ1) is 24.3. The van der Waals surface area contributed by atoms with Gasteiger partial charge in [0.15, 0.2) is 0 Å². The molecule has 174 valence electrons. The third-order valence-corrected chi connectivity index (χ3v) is 6.70. The molecular weight excluding hydrogens is 396 g/mol. The molecule has 1 aromatic carbocycles. The number of nitrogens with zero attached hydrogens (tertiary/aromatic N) is 1. The lowest BCUT2D eigenvalue weighted by Crippen LogP contribution is -2.34. The summed E-state index contributed by atoms with van der Waals surface area (Å²) in [4.78, 5) is 26.5. The zero-order valence-corrected chi connectivity index (χ0v) is 20.8. The molecule has 1 saturated carbocycles. The molecular formula is C28H40N2O2. The smallest absolute Gasteiger partial charge is 0.252 e. The molecule has 1 unspecified atom stereocenters. The Hall–Kier alpha value is -2.36. The van der Waals surface area contributed by atoms with Crippen molar-refractivity contribution in [3.63, 3.8) is 0 Å². The first-order valence-corrected chi connectivity index (χ1v) is 12.2. The predicted molar refractivity (Wildman–Crippen MR) is 133 cm³/mol. The molecule has 1 N–H and O–H groups in total. The number of carbonyl (C=O) groups excluding carboxylic acids is 1. The number of rotatable bonds is 6. The van der Waals surface area contributed by atoms with Crippen LogP contribution in [0.3, 0.4) is 0 Å². The summed E-state index contributed by atoms with van der Waals surface area (Å²) in [5, 5.41) is 3.12. The van der Waals surface area contributed by atoms with Crippen molar-refractivity contribution in [3.05, 3.63) is 57.4 Å². The molecule has 0 spiro atoms. The van der Waals surface area contributed by atoms with E-state index in [0.717, 1.165) is 23.2 Å². The molecule has 1 aliphatic rings. The van der Waals surface area contributed by atoms with Gasteiger partial charge in [-0.05, 0) is 62.5 Å². The number of hydrogen-bond acceptors (Lipinski definition) is 2. The van der Waals surface area contributed by atoms with E-state index < -0.39 is 0 Å². The van der Waals surface area contributed by atoms with Gasteiger partial charge in [-0.25, -0.2) is 0 Å². The highest BCUT2D eigenvalue weighted by Gasteiger charge is 2.24. The molecule has 0 aliphatic heterocycles. The summed E-state index contributed by atoms with van der Waals surface area (Å²) in [5.74, 6) is 0.422. The van der Waals surface area contributed by atoms with E-state index in [2.05, 4.69) is 64.2 Å². The molecule has 1 aliphatic carbocycles. The van der Waals surface area contributed by atoms with Crippen LogP contribution in [-0.2, 0) is 0 Å². The minimum atomic E-state index is -0.130. The van der Waals surface area contributed by atoms with Crippen LogP contribution in [0.4, 0.5) is 0 Å². The van der Waals surface area contributed by atoms with Gasteiger partial charge in [0.25, 0.3) is 11.5 Å². The number of carbonyl (C=O) groups is 1. The SMILES string of the molecule is Cc1ccc(-c2c(C)c(C(=O)NCC3CCCCC3)cc(=O)n2C(C)CC(C)(C)C)cc1. The Bertz CT molecular complexity index is 990. The van der Waals surface area contributed by atoms with Crippen molar-refractivity contribution >= 4 is 5.91 Å². The van der Waals surface area contributed by atoms with E-state index in [1.54, 1.807) is 6.07 Å². The summed E-state index contributed by atoms with van der Waals surface area (Å²) in [6.07, 6.45) is 7.03. The maximum Gasteiger partial charge on any atom is 0.252 e. The molecule has 1 amide bonds. The van der Waals surface area contributed by atoms with Gasteiger partial charge >= 0.3 is 0 Å². The largest absolute Gasteiger partial charge is 0.352 e. The zero-order valence-electron chi connectivity index (χ0n) is 20.8. The third kappa shape index (κ3) is 5.90. The van der Waals surface area contributed by atoms with Crippen molar-refractivity contribution in [2.24, 2.45) is 11.3 Å². The van der Waals surface area contributed by atoms with Crippen LogP contribution in [0.5, 0.6) is 0 Å². The molecule has 4 nitrogen and oxygen atoms in total. The zero-order chi connectivity index (χ0) is 23.5. The number of benzene rings is 1. The van der Waals surface area contributed by atoms with Crippen molar-refractivity contribution in [2.45, 2.75) is 86.1 Å². The Morgan fingerprint density at radius 3 is 2.31 bits per heavy atom. The maximum absolute atomic E-state index is 13.4. The van der Waals surface area contributed by atoms with Crippen molar-refractivity contribution in [1.29, 1.82) is 0 Å². The molecule has 1 atom stereocenters. The lowest BCUT2D eigenvalue weighted by molar-refractivity contribution is 0.0942. The van der Waals surface area contributed by atoms with Crippen molar-refractivity contribution in [1.82, 2.24) is 9.88 Å². The van der Waals surface area contributed by atoms with Crippen LogP contribution in [0.15, 0.2) is 35.1 Å². The molecule has 32 heavy (non-hydrogen) atoms. The summed E-state index contributed by atoms with van der Waals surface area (Å²) in [7, 11) is 0. The molecule has 0 radical (unpaired) electrons. The van der Waals surface area contributed by atoms with Crippen LogP contribution in [0.1, 0.15) is 93.7 Å². The quantitative estimate of drug-likeness (QED) is 0.566. The van der Waals surface area contributed by atoms with Gasteiger partial charge in [-0.2, -0.15) is 0 Å². The molecule has 0 saturated heterocycles. The lowest BCUT2D eigenvalue weighted by atomic mass is 9.88. The Labute approximate surface area is 193 Å². The second kappa shape index (κ2) is 10.1. The monoisotopic (exact) mass is 436 g/mol. The average Bonchev–Trinajstić information content (AvgIpc) is 2.73. The first-order chi connectivity index (χ1) is 15.1. The summed E-state index contributed by atoms with van der Waals surface area (Å²) in [6, 6.07) is 9.81. The molecule has 3 rings (SSSR count). The van der Waals surface area contributed by atoms with Gasteiger partial charge < -0.3 is 9.88 Å². The molecule has 2 aromatic rings. The van der Waals surface area contributed by atoms with Gasteiger partial charge in [-0.15, -0.1) is 0 Å². The van der Waals surface area contributed by atoms with Gasteiger partial charge in [0.05, 0.1) is 5.69 Å². The van der Waals surface area contributed by atoms with Crippen LogP contribution in [0, 0.1) is 25.2 Å². The standard InChI is InChI=1S/C28H40N2O2/c1-19-12-14-23(15-13-19)26-21(3)24(27(32)29-18-22-10-8-7-9-11-22)16-25(31)30(26)20(2)17-28(4,5)6/h12-16,20,22H,7-11,17-18H2,1-6H3,(H,29,32). The van der Waals surface area contributed by atoms with E-state index in [-0.39, 0.29) is 22.9 Å². The Kier molecular flexibility index (Phi) is 7.63. The normalized spacial score (nSPS) is 16.1. The number of pyridine rings is 1. The van der Waals surface area contributed by atoms with E-state index in [1.165, 1.54) is 37.7 Å². The van der Waals surface area contributed by atoms with E-state index in [1.807, 2.05) is 11.5 Å².